The molecule has 0 amide bonds. The van der Waals surface area contributed by atoms with Crippen LogP contribution < -0.4 is 10.9 Å². The Morgan fingerprint density at radius 3 is 2.85 bits per heavy atom. The third-order valence-corrected chi connectivity index (χ3v) is 3.71. The SMILES string of the molecule is CCCn1cc(NCc2cc(F)ccc2Br)ccc1=O. The van der Waals surface area contributed by atoms with E-state index in [1.165, 1.54) is 12.1 Å². The normalized spacial score (nSPS) is 10.6. The van der Waals surface area contributed by atoms with Gasteiger partial charge in [-0.15, -0.1) is 0 Å². The van der Waals surface area contributed by atoms with Gasteiger partial charge in [0.1, 0.15) is 5.82 Å². The lowest BCUT2D eigenvalue weighted by molar-refractivity contribution is 0.625. The van der Waals surface area contributed by atoms with Crippen molar-refractivity contribution in [1.29, 1.82) is 0 Å². The highest BCUT2D eigenvalue weighted by atomic mass is 79.9. The lowest BCUT2D eigenvalue weighted by atomic mass is 10.2. The zero-order valence-electron chi connectivity index (χ0n) is 11.2. The number of benzene rings is 1. The van der Waals surface area contributed by atoms with E-state index >= 15 is 0 Å². The molecule has 0 bridgehead atoms. The molecule has 5 heteroatoms. The van der Waals surface area contributed by atoms with Crippen LogP contribution in [0.5, 0.6) is 0 Å². The molecular weight excluding hydrogens is 323 g/mol. The van der Waals surface area contributed by atoms with E-state index in [1.807, 2.05) is 6.92 Å². The summed E-state index contributed by atoms with van der Waals surface area (Å²) in [5, 5.41) is 3.20. The van der Waals surface area contributed by atoms with E-state index in [0.29, 0.717) is 13.1 Å². The highest BCUT2D eigenvalue weighted by Gasteiger charge is 2.03. The second-order valence-electron chi connectivity index (χ2n) is 4.54. The molecule has 0 spiro atoms. The van der Waals surface area contributed by atoms with Crippen molar-refractivity contribution in [2.45, 2.75) is 26.4 Å². The molecule has 3 nitrogen and oxygen atoms in total. The molecule has 0 aliphatic heterocycles. The van der Waals surface area contributed by atoms with Crippen LogP contribution in [0, 0.1) is 5.82 Å². The minimum absolute atomic E-state index is 0.00987. The lowest BCUT2D eigenvalue weighted by Crippen LogP contribution is -2.18. The summed E-state index contributed by atoms with van der Waals surface area (Å²) >= 11 is 3.39. The van der Waals surface area contributed by atoms with Crippen molar-refractivity contribution >= 4 is 21.6 Å². The van der Waals surface area contributed by atoms with Gasteiger partial charge < -0.3 is 9.88 Å². The Labute approximate surface area is 125 Å². The molecule has 1 heterocycles. The summed E-state index contributed by atoms with van der Waals surface area (Å²) in [6.07, 6.45) is 2.69. The Morgan fingerprint density at radius 1 is 1.30 bits per heavy atom. The second kappa shape index (κ2) is 6.70. The van der Waals surface area contributed by atoms with E-state index in [0.717, 1.165) is 22.1 Å². The summed E-state index contributed by atoms with van der Waals surface area (Å²) in [7, 11) is 0. The monoisotopic (exact) mass is 338 g/mol. The molecule has 0 saturated heterocycles. The van der Waals surface area contributed by atoms with Gasteiger partial charge in [-0.3, -0.25) is 4.79 Å². The lowest BCUT2D eigenvalue weighted by Gasteiger charge is -2.10. The van der Waals surface area contributed by atoms with Crippen molar-refractivity contribution in [3.63, 3.8) is 0 Å². The molecule has 0 fully saturated rings. The quantitative estimate of drug-likeness (QED) is 0.900. The summed E-state index contributed by atoms with van der Waals surface area (Å²) in [6.45, 7) is 3.21. The Bertz CT molecular complexity index is 655. The van der Waals surface area contributed by atoms with Crippen LogP contribution in [0.4, 0.5) is 10.1 Å². The minimum atomic E-state index is -0.263. The van der Waals surface area contributed by atoms with Crippen molar-refractivity contribution in [3.8, 4) is 0 Å². The van der Waals surface area contributed by atoms with Crippen LogP contribution in [0.3, 0.4) is 0 Å². The highest BCUT2D eigenvalue weighted by Crippen LogP contribution is 2.19. The van der Waals surface area contributed by atoms with Crippen LogP contribution in [0.25, 0.3) is 0 Å². The largest absolute Gasteiger partial charge is 0.380 e. The van der Waals surface area contributed by atoms with E-state index in [-0.39, 0.29) is 11.4 Å². The molecule has 1 aromatic heterocycles. The van der Waals surface area contributed by atoms with Gasteiger partial charge in [-0.1, -0.05) is 22.9 Å². The fourth-order valence-electron chi connectivity index (χ4n) is 1.93. The van der Waals surface area contributed by atoms with Gasteiger partial charge in [0, 0.05) is 29.8 Å². The molecule has 106 valence electrons. The summed E-state index contributed by atoms with van der Waals surface area (Å²) in [5.41, 5.74) is 1.66. The third-order valence-electron chi connectivity index (χ3n) is 2.94. The number of anilines is 1. The maximum absolute atomic E-state index is 13.2. The predicted octanol–water partition coefficient (Wildman–Crippen LogP) is 3.77. The fraction of sp³-hybridized carbons (Fsp3) is 0.267. The third kappa shape index (κ3) is 3.70. The van der Waals surface area contributed by atoms with Crippen molar-refractivity contribution in [2.24, 2.45) is 0 Å². The molecule has 2 aromatic rings. The summed E-state index contributed by atoms with van der Waals surface area (Å²) in [5.74, 6) is -0.263. The standard InChI is InChI=1S/C15H16BrFN2O/c1-2-7-19-10-13(4-6-15(19)20)18-9-11-8-12(17)3-5-14(11)16/h3-6,8,10,18H,2,7,9H2,1H3. The van der Waals surface area contributed by atoms with Crippen LogP contribution in [-0.4, -0.2) is 4.57 Å². The maximum atomic E-state index is 13.2. The van der Waals surface area contributed by atoms with E-state index in [9.17, 15) is 9.18 Å². The van der Waals surface area contributed by atoms with Crippen molar-refractivity contribution in [2.75, 3.05) is 5.32 Å². The molecule has 1 aromatic carbocycles. The number of halogens is 2. The molecule has 0 aliphatic carbocycles. The average Bonchev–Trinajstić information content (AvgIpc) is 2.43. The van der Waals surface area contributed by atoms with Crippen molar-refractivity contribution < 1.29 is 4.39 Å². The predicted molar refractivity (Wildman–Crippen MR) is 82.4 cm³/mol. The summed E-state index contributed by atoms with van der Waals surface area (Å²) in [4.78, 5) is 11.6. The van der Waals surface area contributed by atoms with Crippen molar-refractivity contribution in [1.82, 2.24) is 4.57 Å². The van der Waals surface area contributed by atoms with Gasteiger partial charge >= 0.3 is 0 Å². The topological polar surface area (TPSA) is 34.0 Å². The van der Waals surface area contributed by atoms with Gasteiger partial charge in [0.25, 0.3) is 5.56 Å². The molecule has 1 N–H and O–H groups in total. The number of pyridine rings is 1. The Balaban J connectivity index is 2.12. The van der Waals surface area contributed by atoms with Crippen LogP contribution in [-0.2, 0) is 13.1 Å². The van der Waals surface area contributed by atoms with E-state index in [1.54, 1.807) is 29.0 Å². The van der Waals surface area contributed by atoms with E-state index in [2.05, 4.69) is 21.2 Å². The first-order chi connectivity index (χ1) is 9.60. The van der Waals surface area contributed by atoms with Crippen LogP contribution in [0.15, 0.2) is 45.8 Å². The zero-order chi connectivity index (χ0) is 14.5. The van der Waals surface area contributed by atoms with Crippen LogP contribution >= 0.6 is 15.9 Å². The molecule has 20 heavy (non-hydrogen) atoms. The Hall–Kier alpha value is -1.62. The summed E-state index contributed by atoms with van der Waals surface area (Å²) in [6, 6.07) is 7.86. The molecule has 0 radical (unpaired) electrons. The first-order valence-electron chi connectivity index (χ1n) is 6.48. The highest BCUT2D eigenvalue weighted by molar-refractivity contribution is 9.10. The van der Waals surface area contributed by atoms with Gasteiger partial charge in [0.2, 0.25) is 0 Å². The van der Waals surface area contributed by atoms with Crippen LogP contribution in [0.1, 0.15) is 18.9 Å². The van der Waals surface area contributed by atoms with Gasteiger partial charge in [-0.2, -0.15) is 0 Å². The van der Waals surface area contributed by atoms with Crippen LogP contribution in [0.2, 0.25) is 0 Å². The molecule has 0 unspecified atom stereocenters. The fourth-order valence-corrected chi connectivity index (χ4v) is 2.31. The number of aromatic nitrogens is 1. The Morgan fingerprint density at radius 2 is 2.10 bits per heavy atom. The van der Waals surface area contributed by atoms with Gasteiger partial charge in [0.05, 0.1) is 5.69 Å². The number of nitrogens with one attached hydrogen (secondary N) is 1. The smallest absolute Gasteiger partial charge is 0.250 e. The maximum Gasteiger partial charge on any atom is 0.250 e. The zero-order valence-corrected chi connectivity index (χ0v) is 12.8. The molecule has 0 saturated carbocycles. The van der Waals surface area contributed by atoms with Gasteiger partial charge in [-0.05, 0) is 36.2 Å². The minimum Gasteiger partial charge on any atom is -0.380 e. The van der Waals surface area contributed by atoms with E-state index in [4.69, 9.17) is 0 Å². The molecule has 2 rings (SSSR count). The molecular formula is C15H16BrFN2O. The van der Waals surface area contributed by atoms with Gasteiger partial charge in [0.15, 0.2) is 0 Å². The molecule has 0 aliphatic rings. The summed E-state index contributed by atoms with van der Waals surface area (Å²) < 4.78 is 15.7. The second-order valence-corrected chi connectivity index (χ2v) is 5.39. The van der Waals surface area contributed by atoms with Crippen molar-refractivity contribution in [3.05, 3.63) is 62.7 Å². The number of rotatable bonds is 5. The number of hydrogen-bond acceptors (Lipinski definition) is 2. The number of nitrogens with zero attached hydrogens (tertiary/aromatic N) is 1. The first kappa shape index (κ1) is 14.8. The molecule has 0 atom stereocenters. The van der Waals surface area contributed by atoms with Gasteiger partial charge in [-0.25, -0.2) is 4.39 Å². The van der Waals surface area contributed by atoms with E-state index < -0.39 is 0 Å². The Kier molecular flexibility index (Phi) is 4.95. The average molecular weight is 339 g/mol. The number of hydrogen-bond donors (Lipinski definition) is 1. The first-order valence-corrected chi connectivity index (χ1v) is 7.27. The number of aryl methyl sites for hydroxylation is 1.